The van der Waals surface area contributed by atoms with Crippen molar-refractivity contribution < 1.29 is 4.79 Å². The van der Waals surface area contributed by atoms with Gasteiger partial charge in [-0.3, -0.25) is 4.79 Å². The van der Waals surface area contributed by atoms with Crippen LogP contribution in [0.5, 0.6) is 0 Å². The summed E-state index contributed by atoms with van der Waals surface area (Å²) in [5, 5.41) is 6.30. The predicted octanol–water partition coefficient (Wildman–Crippen LogP) is 2.79. The van der Waals surface area contributed by atoms with Crippen LogP contribution in [0.25, 0.3) is 0 Å². The first kappa shape index (κ1) is 19.7. The molecule has 0 radical (unpaired) electrons. The minimum Gasteiger partial charge on any atom is -0.372 e. The molecule has 2 rings (SSSR count). The van der Waals surface area contributed by atoms with Crippen molar-refractivity contribution in [2.24, 2.45) is 5.92 Å². The van der Waals surface area contributed by atoms with Crippen molar-refractivity contribution >= 4 is 17.3 Å². The summed E-state index contributed by atoms with van der Waals surface area (Å²) in [6.07, 6.45) is 4.14. The van der Waals surface area contributed by atoms with Gasteiger partial charge in [-0.1, -0.05) is 6.92 Å². The number of carbonyl (C=O) groups excluding carboxylic acids is 1. The highest BCUT2D eigenvalue weighted by Crippen LogP contribution is 2.24. The average Bonchev–Trinajstić information content (AvgIpc) is 2.59. The zero-order valence-corrected chi connectivity index (χ0v) is 16.1. The number of nitrogens with zero attached hydrogens (tertiary/aromatic N) is 2. The second-order valence-corrected chi connectivity index (χ2v) is 7.42. The number of benzene rings is 1. The quantitative estimate of drug-likeness (QED) is 0.675. The molecule has 1 heterocycles. The summed E-state index contributed by atoms with van der Waals surface area (Å²) in [4.78, 5) is 16.6. The number of amides is 1. The van der Waals surface area contributed by atoms with E-state index in [0.29, 0.717) is 6.42 Å². The lowest BCUT2D eigenvalue weighted by molar-refractivity contribution is -0.116. The van der Waals surface area contributed by atoms with Gasteiger partial charge in [-0.05, 0) is 76.6 Å². The number of hydrogen-bond acceptors (Lipinski definition) is 4. The Morgan fingerprint density at radius 1 is 1.16 bits per heavy atom. The Labute approximate surface area is 152 Å². The summed E-state index contributed by atoms with van der Waals surface area (Å²) in [6.45, 7) is 7.34. The van der Waals surface area contributed by atoms with E-state index in [0.717, 1.165) is 50.7 Å². The first-order chi connectivity index (χ1) is 12.0. The number of hydrogen-bond donors (Lipinski definition) is 2. The topological polar surface area (TPSA) is 47.6 Å². The second-order valence-electron chi connectivity index (χ2n) is 7.42. The Morgan fingerprint density at radius 2 is 1.84 bits per heavy atom. The molecular weight excluding hydrogens is 312 g/mol. The highest BCUT2D eigenvalue weighted by molar-refractivity contribution is 5.91. The van der Waals surface area contributed by atoms with E-state index in [-0.39, 0.29) is 5.91 Å². The molecule has 1 aliphatic rings. The van der Waals surface area contributed by atoms with Gasteiger partial charge in [-0.15, -0.1) is 0 Å². The molecular formula is C20H34N4O. The molecule has 1 fully saturated rings. The maximum absolute atomic E-state index is 12.0. The molecule has 1 aromatic carbocycles. The van der Waals surface area contributed by atoms with Crippen molar-refractivity contribution in [1.82, 2.24) is 10.2 Å². The second kappa shape index (κ2) is 10.4. The summed E-state index contributed by atoms with van der Waals surface area (Å²) in [6, 6.07) is 8.25. The Balaban J connectivity index is 1.65. The molecule has 140 valence electrons. The zero-order valence-electron chi connectivity index (χ0n) is 16.1. The minimum absolute atomic E-state index is 0.0691. The summed E-state index contributed by atoms with van der Waals surface area (Å²) < 4.78 is 0. The Hall–Kier alpha value is -1.59. The first-order valence-electron chi connectivity index (χ1n) is 9.55. The molecule has 25 heavy (non-hydrogen) atoms. The van der Waals surface area contributed by atoms with E-state index in [1.807, 2.05) is 12.1 Å². The lowest BCUT2D eigenvalue weighted by Gasteiger charge is -2.32. The van der Waals surface area contributed by atoms with Crippen LogP contribution in [-0.4, -0.2) is 57.6 Å². The Morgan fingerprint density at radius 3 is 2.48 bits per heavy atom. The van der Waals surface area contributed by atoms with Crippen LogP contribution in [0.1, 0.15) is 32.6 Å². The van der Waals surface area contributed by atoms with Gasteiger partial charge in [0.05, 0.1) is 0 Å². The van der Waals surface area contributed by atoms with Crippen LogP contribution >= 0.6 is 0 Å². The highest BCUT2D eigenvalue weighted by atomic mass is 16.1. The van der Waals surface area contributed by atoms with Crippen molar-refractivity contribution in [1.29, 1.82) is 0 Å². The third-order valence-electron chi connectivity index (χ3n) is 4.79. The van der Waals surface area contributed by atoms with E-state index in [1.54, 1.807) is 0 Å². The summed E-state index contributed by atoms with van der Waals surface area (Å²) >= 11 is 0. The monoisotopic (exact) mass is 346 g/mol. The molecule has 1 aromatic rings. The summed E-state index contributed by atoms with van der Waals surface area (Å²) in [7, 11) is 4.15. The minimum atomic E-state index is 0.0691. The fourth-order valence-corrected chi connectivity index (χ4v) is 3.09. The van der Waals surface area contributed by atoms with Gasteiger partial charge in [0.15, 0.2) is 0 Å². The standard InChI is InChI=1S/C20H34N4O/c1-17-10-15-24(16-11-17)19-7-5-18(6-8-19)22-20(25)9-13-21-12-4-14-23(2)3/h5-8,17,21H,4,9-16H2,1-3H3,(H,22,25). The summed E-state index contributed by atoms with van der Waals surface area (Å²) in [5.74, 6) is 0.908. The third kappa shape index (κ3) is 7.45. The van der Waals surface area contributed by atoms with Crippen molar-refractivity contribution in [3.05, 3.63) is 24.3 Å². The lowest BCUT2D eigenvalue weighted by atomic mass is 9.99. The fraction of sp³-hybridized carbons (Fsp3) is 0.650. The lowest BCUT2D eigenvalue weighted by Crippen LogP contribution is -2.32. The van der Waals surface area contributed by atoms with Gasteiger partial charge in [0, 0.05) is 37.4 Å². The van der Waals surface area contributed by atoms with Gasteiger partial charge < -0.3 is 20.4 Å². The molecule has 0 aromatic heterocycles. The number of rotatable bonds is 9. The highest BCUT2D eigenvalue weighted by Gasteiger charge is 2.15. The molecule has 0 atom stereocenters. The van der Waals surface area contributed by atoms with Crippen LogP contribution in [0.4, 0.5) is 11.4 Å². The van der Waals surface area contributed by atoms with Crippen LogP contribution in [0, 0.1) is 5.92 Å². The first-order valence-corrected chi connectivity index (χ1v) is 9.55. The molecule has 1 aliphatic heterocycles. The average molecular weight is 347 g/mol. The van der Waals surface area contributed by atoms with Gasteiger partial charge in [-0.2, -0.15) is 0 Å². The molecule has 5 heteroatoms. The molecule has 0 aliphatic carbocycles. The van der Waals surface area contributed by atoms with Gasteiger partial charge in [-0.25, -0.2) is 0 Å². The Kier molecular flexibility index (Phi) is 8.22. The zero-order chi connectivity index (χ0) is 18.1. The smallest absolute Gasteiger partial charge is 0.225 e. The number of carbonyl (C=O) groups is 1. The predicted molar refractivity (Wildman–Crippen MR) is 106 cm³/mol. The third-order valence-corrected chi connectivity index (χ3v) is 4.79. The number of piperidine rings is 1. The van der Waals surface area contributed by atoms with Crippen molar-refractivity contribution in [2.45, 2.75) is 32.6 Å². The van der Waals surface area contributed by atoms with E-state index in [9.17, 15) is 4.79 Å². The van der Waals surface area contributed by atoms with E-state index in [2.05, 4.69) is 53.6 Å². The SMILES string of the molecule is CC1CCN(c2ccc(NC(=O)CCNCCCN(C)C)cc2)CC1. The van der Waals surface area contributed by atoms with Gasteiger partial charge in [0.2, 0.25) is 5.91 Å². The molecule has 1 amide bonds. The van der Waals surface area contributed by atoms with Crippen molar-refractivity contribution in [3.63, 3.8) is 0 Å². The van der Waals surface area contributed by atoms with E-state index in [1.165, 1.54) is 18.5 Å². The van der Waals surface area contributed by atoms with Crippen molar-refractivity contribution in [2.75, 3.05) is 57.0 Å². The number of nitrogens with one attached hydrogen (secondary N) is 2. The number of anilines is 2. The fourth-order valence-electron chi connectivity index (χ4n) is 3.09. The van der Waals surface area contributed by atoms with Gasteiger partial charge in [0.1, 0.15) is 0 Å². The van der Waals surface area contributed by atoms with E-state index >= 15 is 0 Å². The molecule has 0 bridgehead atoms. The molecule has 0 saturated carbocycles. The van der Waals surface area contributed by atoms with Crippen molar-refractivity contribution in [3.8, 4) is 0 Å². The normalized spacial score (nSPS) is 15.6. The molecule has 0 unspecified atom stereocenters. The molecule has 2 N–H and O–H groups in total. The summed E-state index contributed by atoms with van der Waals surface area (Å²) in [5.41, 5.74) is 2.14. The van der Waals surface area contributed by atoms with Crippen LogP contribution in [0.15, 0.2) is 24.3 Å². The van der Waals surface area contributed by atoms with Crippen LogP contribution < -0.4 is 15.5 Å². The Bertz CT molecular complexity index is 507. The van der Waals surface area contributed by atoms with Gasteiger partial charge >= 0.3 is 0 Å². The van der Waals surface area contributed by atoms with Crippen LogP contribution in [0.2, 0.25) is 0 Å². The van der Waals surface area contributed by atoms with Crippen LogP contribution in [-0.2, 0) is 4.79 Å². The van der Waals surface area contributed by atoms with Gasteiger partial charge in [0.25, 0.3) is 0 Å². The van der Waals surface area contributed by atoms with E-state index < -0.39 is 0 Å². The van der Waals surface area contributed by atoms with E-state index in [4.69, 9.17) is 0 Å². The maximum atomic E-state index is 12.0. The maximum Gasteiger partial charge on any atom is 0.225 e. The molecule has 0 spiro atoms. The largest absolute Gasteiger partial charge is 0.372 e. The molecule has 1 saturated heterocycles. The van der Waals surface area contributed by atoms with Crippen LogP contribution in [0.3, 0.4) is 0 Å². The molecule has 5 nitrogen and oxygen atoms in total.